The van der Waals surface area contributed by atoms with Crippen LogP contribution in [0.1, 0.15) is 16.9 Å². The van der Waals surface area contributed by atoms with E-state index in [-0.39, 0.29) is 5.56 Å². The third-order valence-electron chi connectivity index (χ3n) is 5.82. The fourth-order valence-electron chi connectivity index (χ4n) is 4.16. The molecule has 8 heteroatoms. The maximum absolute atomic E-state index is 13.4. The molecule has 4 aromatic heterocycles. The summed E-state index contributed by atoms with van der Waals surface area (Å²) in [4.78, 5) is 27.7. The van der Waals surface area contributed by atoms with Crippen LogP contribution in [0.4, 0.5) is 0 Å². The van der Waals surface area contributed by atoms with Crippen LogP contribution < -0.4 is 5.56 Å². The van der Waals surface area contributed by atoms with Crippen molar-refractivity contribution < 1.29 is 4.42 Å². The number of aromatic nitrogens is 4. The molecule has 0 N–H and O–H groups in total. The molecule has 4 heterocycles. The zero-order valence-electron chi connectivity index (χ0n) is 17.9. The molecule has 0 aliphatic carbocycles. The van der Waals surface area contributed by atoms with Crippen LogP contribution in [0, 0.1) is 6.92 Å². The molecule has 0 unspecified atom stereocenters. The predicted molar refractivity (Wildman–Crippen MR) is 139 cm³/mol. The van der Waals surface area contributed by atoms with E-state index in [4.69, 9.17) is 14.4 Å². The van der Waals surface area contributed by atoms with Gasteiger partial charge in [0.1, 0.15) is 12.1 Å². The number of halogens is 2. The highest BCUT2D eigenvalue weighted by atomic mass is 79.9. The second kappa shape index (κ2) is 8.14. The normalized spacial score (nSPS) is 11.6. The molecule has 0 radical (unpaired) electrons. The molecule has 6 rings (SSSR count). The number of hydrogen-bond donors (Lipinski definition) is 0. The first-order valence-corrected chi connectivity index (χ1v) is 12.2. The Kier molecular flexibility index (Phi) is 5.08. The third-order valence-corrected chi connectivity index (χ3v) is 6.88. The van der Waals surface area contributed by atoms with Crippen LogP contribution in [0.5, 0.6) is 0 Å². The van der Waals surface area contributed by atoms with Gasteiger partial charge < -0.3 is 4.42 Å². The third kappa shape index (κ3) is 3.54. The summed E-state index contributed by atoms with van der Waals surface area (Å²) in [6.07, 6.45) is 3.67. The van der Waals surface area contributed by atoms with Crippen molar-refractivity contribution in [1.82, 2.24) is 19.4 Å². The summed E-state index contributed by atoms with van der Waals surface area (Å²) in [7, 11) is 0. The molecule has 0 aliphatic heterocycles. The molecule has 6 nitrogen and oxygen atoms in total. The number of pyridine rings is 1. The lowest BCUT2D eigenvalue weighted by Crippen LogP contribution is -2.17. The van der Waals surface area contributed by atoms with E-state index in [1.165, 1.54) is 16.3 Å². The standard InChI is InChI=1S/C26H16Br2N4O2/c1-14-4-6-15(7-5-14)21-10-16(9-18-3-2-8-34-18)22-24(30-21)29-13-32-25(22)31-23-19(26(32)33)11-17(27)12-20(23)28/h2-8,10-13H,9H2,1H3. The van der Waals surface area contributed by atoms with E-state index in [2.05, 4.69) is 55.9 Å². The predicted octanol–water partition coefficient (Wildman–Crippen LogP) is 6.48. The number of fused-ring (bicyclic) bond motifs is 4. The van der Waals surface area contributed by atoms with E-state index < -0.39 is 0 Å². The van der Waals surface area contributed by atoms with Gasteiger partial charge in [-0.25, -0.2) is 19.4 Å². The van der Waals surface area contributed by atoms with Crippen LogP contribution >= 0.6 is 31.9 Å². The lowest BCUT2D eigenvalue weighted by molar-refractivity contribution is 0.521. The number of furan rings is 1. The highest BCUT2D eigenvalue weighted by Gasteiger charge is 2.18. The van der Waals surface area contributed by atoms with E-state index in [9.17, 15) is 4.79 Å². The monoisotopic (exact) mass is 574 g/mol. The van der Waals surface area contributed by atoms with Crippen molar-refractivity contribution in [2.75, 3.05) is 0 Å². The van der Waals surface area contributed by atoms with Gasteiger partial charge in [0.05, 0.1) is 28.2 Å². The van der Waals surface area contributed by atoms with E-state index >= 15 is 0 Å². The largest absolute Gasteiger partial charge is 0.469 e. The molecule has 0 amide bonds. The van der Waals surface area contributed by atoms with Crippen LogP contribution in [0.15, 0.2) is 85.3 Å². The van der Waals surface area contributed by atoms with Crippen molar-refractivity contribution >= 4 is 59.4 Å². The highest BCUT2D eigenvalue weighted by Crippen LogP contribution is 2.30. The fraction of sp³-hybridized carbons (Fsp3) is 0.0769. The Hall–Kier alpha value is -3.36. The van der Waals surface area contributed by atoms with Gasteiger partial charge in [0, 0.05) is 20.9 Å². The van der Waals surface area contributed by atoms with Gasteiger partial charge in [-0.05, 0) is 58.7 Å². The van der Waals surface area contributed by atoms with Crippen LogP contribution in [0.25, 0.3) is 38.8 Å². The van der Waals surface area contributed by atoms with Gasteiger partial charge in [0.15, 0.2) is 11.3 Å². The van der Waals surface area contributed by atoms with E-state index in [1.54, 1.807) is 12.3 Å². The van der Waals surface area contributed by atoms with Crippen molar-refractivity contribution in [2.45, 2.75) is 13.3 Å². The SMILES string of the molecule is Cc1ccc(-c2cc(Cc3ccco3)c3c(ncn4c(=O)c5cc(Br)cc(Br)c5nc34)n2)cc1. The van der Waals surface area contributed by atoms with Gasteiger partial charge in [-0.1, -0.05) is 45.8 Å². The van der Waals surface area contributed by atoms with Gasteiger partial charge in [-0.2, -0.15) is 0 Å². The molecule has 166 valence electrons. The molecule has 34 heavy (non-hydrogen) atoms. The average molecular weight is 576 g/mol. The van der Waals surface area contributed by atoms with Crippen molar-refractivity contribution in [3.63, 3.8) is 0 Å². The molecule has 0 saturated heterocycles. The first-order valence-electron chi connectivity index (χ1n) is 10.6. The number of nitrogens with zero attached hydrogens (tertiary/aromatic N) is 4. The van der Waals surface area contributed by atoms with Crippen LogP contribution in [0.3, 0.4) is 0 Å². The first kappa shape index (κ1) is 21.2. The second-order valence-electron chi connectivity index (χ2n) is 8.13. The van der Waals surface area contributed by atoms with Gasteiger partial charge in [0.2, 0.25) is 0 Å². The Morgan fingerprint density at radius 2 is 1.85 bits per heavy atom. The lowest BCUT2D eigenvalue weighted by Gasteiger charge is -2.12. The summed E-state index contributed by atoms with van der Waals surface area (Å²) in [6.45, 7) is 2.05. The maximum atomic E-state index is 13.4. The summed E-state index contributed by atoms with van der Waals surface area (Å²) in [5.74, 6) is 0.803. The smallest absolute Gasteiger partial charge is 0.267 e. The van der Waals surface area contributed by atoms with E-state index in [0.29, 0.717) is 28.6 Å². The van der Waals surface area contributed by atoms with Crippen LogP contribution in [-0.2, 0) is 6.42 Å². The second-order valence-corrected chi connectivity index (χ2v) is 9.90. The molecule has 0 spiro atoms. The van der Waals surface area contributed by atoms with Crippen molar-refractivity contribution in [3.05, 3.63) is 103 Å². The topological polar surface area (TPSA) is 73.3 Å². The Morgan fingerprint density at radius 1 is 1.03 bits per heavy atom. The Balaban J connectivity index is 1.71. The lowest BCUT2D eigenvalue weighted by atomic mass is 10.0. The summed E-state index contributed by atoms with van der Waals surface area (Å²) in [5.41, 5.74) is 5.34. The van der Waals surface area contributed by atoms with Crippen LogP contribution in [-0.4, -0.2) is 19.4 Å². The number of aryl methyl sites for hydroxylation is 1. The summed E-state index contributed by atoms with van der Waals surface area (Å²) in [6, 6.07) is 17.7. The molecule has 0 fully saturated rings. The summed E-state index contributed by atoms with van der Waals surface area (Å²) in [5, 5.41) is 1.22. The van der Waals surface area contributed by atoms with Gasteiger partial charge in [-0.15, -0.1) is 0 Å². The highest BCUT2D eigenvalue weighted by molar-refractivity contribution is 9.11. The Bertz CT molecular complexity index is 1780. The first-order chi connectivity index (χ1) is 16.5. The molecule has 0 aliphatic rings. The zero-order valence-corrected chi connectivity index (χ0v) is 21.1. The molecular weight excluding hydrogens is 560 g/mol. The molecule has 6 aromatic rings. The van der Waals surface area contributed by atoms with E-state index in [0.717, 1.165) is 36.9 Å². The van der Waals surface area contributed by atoms with Gasteiger partial charge in [-0.3, -0.25) is 4.79 Å². The van der Waals surface area contributed by atoms with Crippen molar-refractivity contribution in [2.24, 2.45) is 0 Å². The molecule has 0 atom stereocenters. The van der Waals surface area contributed by atoms with E-state index in [1.807, 2.05) is 36.4 Å². The fourth-order valence-corrected chi connectivity index (χ4v) is 5.47. The molecule has 0 saturated carbocycles. The zero-order chi connectivity index (χ0) is 23.4. The van der Waals surface area contributed by atoms with Crippen LogP contribution in [0.2, 0.25) is 0 Å². The minimum atomic E-state index is -0.192. The summed E-state index contributed by atoms with van der Waals surface area (Å²) >= 11 is 7.02. The quantitative estimate of drug-likeness (QED) is 0.178. The minimum Gasteiger partial charge on any atom is -0.469 e. The number of hydrogen-bond acceptors (Lipinski definition) is 5. The average Bonchev–Trinajstić information content (AvgIpc) is 3.33. The Labute approximate surface area is 210 Å². The molecular formula is C26H16Br2N4O2. The molecule has 0 bridgehead atoms. The van der Waals surface area contributed by atoms with Crippen molar-refractivity contribution in [3.8, 4) is 11.3 Å². The van der Waals surface area contributed by atoms with Crippen molar-refractivity contribution in [1.29, 1.82) is 0 Å². The van der Waals surface area contributed by atoms with Gasteiger partial charge >= 0.3 is 0 Å². The maximum Gasteiger partial charge on any atom is 0.267 e. The minimum absolute atomic E-state index is 0.192. The summed E-state index contributed by atoms with van der Waals surface area (Å²) < 4.78 is 8.66. The number of benzene rings is 2. The Morgan fingerprint density at radius 3 is 2.62 bits per heavy atom. The number of rotatable bonds is 3. The molecule has 2 aromatic carbocycles. The van der Waals surface area contributed by atoms with Gasteiger partial charge in [0.25, 0.3) is 5.56 Å².